The zero-order valence-electron chi connectivity index (χ0n) is 12.4. The normalized spacial score (nSPS) is 11.7. The highest BCUT2D eigenvalue weighted by Gasteiger charge is 2.15. The van der Waals surface area contributed by atoms with Gasteiger partial charge >= 0.3 is 6.61 Å². The smallest absolute Gasteiger partial charge is 0.387 e. The van der Waals surface area contributed by atoms with Crippen molar-refractivity contribution >= 4 is 21.4 Å². The van der Waals surface area contributed by atoms with Gasteiger partial charge in [0, 0.05) is 12.1 Å². The van der Waals surface area contributed by atoms with E-state index in [-0.39, 0.29) is 29.6 Å². The van der Waals surface area contributed by atoms with Crippen LogP contribution in [0.4, 0.5) is 14.5 Å². The Morgan fingerprint density at radius 1 is 1.23 bits per heavy atom. The van der Waals surface area contributed by atoms with Crippen LogP contribution in [0.5, 0.6) is 5.75 Å². The Labute approximate surface area is 128 Å². The van der Waals surface area contributed by atoms with E-state index in [9.17, 15) is 22.0 Å². The van der Waals surface area contributed by atoms with Crippen molar-refractivity contribution in [2.24, 2.45) is 5.92 Å². The van der Waals surface area contributed by atoms with Crippen LogP contribution in [0, 0.1) is 5.92 Å². The third-order valence-electron chi connectivity index (χ3n) is 2.59. The third-order valence-corrected chi connectivity index (χ3v) is 4.59. The molecule has 0 aliphatic rings. The van der Waals surface area contributed by atoms with Crippen molar-refractivity contribution in [3.05, 3.63) is 24.3 Å². The molecule has 1 aromatic rings. The highest BCUT2D eigenvalue weighted by atomic mass is 32.2. The number of halogens is 2. The zero-order valence-corrected chi connectivity index (χ0v) is 13.2. The summed E-state index contributed by atoms with van der Waals surface area (Å²) in [5.41, 5.74) is 0.382. The lowest BCUT2D eigenvalue weighted by atomic mass is 10.3. The van der Waals surface area contributed by atoms with Gasteiger partial charge in [0.05, 0.1) is 11.5 Å². The molecule has 0 unspecified atom stereocenters. The minimum absolute atomic E-state index is 0.00967. The van der Waals surface area contributed by atoms with Gasteiger partial charge in [-0.05, 0) is 30.2 Å². The molecule has 1 amide bonds. The predicted octanol–water partition coefficient (Wildman–Crippen LogP) is 2.69. The predicted molar refractivity (Wildman–Crippen MR) is 79.8 cm³/mol. The van der Waals surface area contributed by atoms with Gasteiger partial charge in [0.1, 0.15) is 5.75 Å². The number of anilines is 1. The van der Waals surface area contributed by atoms with Crippen LogP contribution in [-0.4, -0.2) is 32.4 Å². The Balaban J connectivity index is 2.48. The molecule has 22 heavy (non-hydrogen) atoms. The summed E-state index contributed by atoms with van der Waals surface area (Å²) in [6.45, 7) is 0.674. The molecule has 1 aromatic carbocycles. The summed E-state index contributed by atoms with van der Waals surface area (Å²) in [6, 6.07) is 5.38. The molecule has 0 aliphatic heterocycles. The summed E-state index contributed by atoms with van der Waals surface area (Å²) in [5, 5.41) is 2.50. The highest BCUT2D eigenvalue weighted by Crippen LogP contribution is 2.17. The molecular formula is C14H19F2NO4S. The van der Waals surface area contributed by atoms with Crippen molar-refractivity contribution < 1.29 is 26.7 Å². The average Bonchev–Trinajstić information content (AvgIpc) is 2.37. The van der Waals surface area contributed by atoms with Gasteiger partial charge in [0.2, 0.25) is 5.91 Å². The van der Waals surface area contributed by atoms with Crippen molar-refractivity contribution in [1.82, 2.24) is 0 Å². The molecule has 0 spiro atoms. The molecule has 0 heterocycles. The SMILES string of the molecule is CC(C)CS(=O)(=O)CCC(=O)Nc1ccc(OC(F)F)cc1. The van der Waals surface area contributed by atoms with Crippen LogP contribution in [0.15, 0.2) is 24.3 Å². The molecule has 124 valence electrons. The van der Waals surface area contributed by atoms with E-state index in [1.54, 1.807) is 13.8 Å². The van der Waals surface area contributed by atoms with Crippen LogP contribution in [0.1, 0.15) is 20.3 Å². The van der Waals surface area contributed by atoms with E-state index in [1.807, 2.05) is 0 Å². The first kappa shape index (κ1) is 18.3. The lowest BCUT2D eigenvalue weighted by Gasteiger charge is -2.09. The Morgan fingerprint density at radius 2 is 1.82 bits per heavy atom. The quantitative estimate of drug-likeness (QED) is 0.793. The molecule has 0 bridgehead atoms. The van der Waals surface area contributed by atoms with Crippen LogP contribution >= 0.6 is 0 Å². The first-order valence-corrected chi connectivity index (χ1v) is 8.55. The van der Waals surface area contributed by atoms with Gasteiger partial charge in [-0.1, -0.05) is 13.8 Å². The Bertz CT molecular complexity index is 585. The Kier molecular flexibility index (Phi) is 6.73. The number of benzene rings is 1. The minimum Gasteiger partial charge on any atom is -0.435 e. The second kappa shape index (κ2) is 8.07. The third kappa shape index (κ3) is 7.35. The zero-order chi connectivity index (χ0) is 16.8. The van der Waals surface area contributed by atoms with Gasteiger partial charge in [0.25, 0.3) is 0 Å². The average molecular weight is 335 g/mol. The standard InChI is InChI=1S/C14H19F2NO4S/c1-10(2)9-22(19,20)8-7-13(18)17-11-3-5-12(6-4-11)21-14(15)16/h3-6,10,14H,7-9H2,1-2H3,(H,17,18). The summed E-state index contributed by atoms with van der Waals surface area (Å²) < 4.78 is 51.5. The van der Waals surface area contributed by atoms with E-state index < -0.39 is 22.4 Å². The molecule has 0 radical (unpaired) electrons. The van der Waals surface area contributed by atoms with Crippen LogP contribution in [-0.2, 0) is 14.6 Å². The highest BCUT2D eigenvalue weighted by molar-refractivity contribution is 7.91. The lowest BCUT2D eigenvalue weighted by molar-refractivity contribution is -0.115. The van der Waals surface area contributed by atoms with Gasteiger partial charge in [-0.25, -0.2) is 8.42 Å². The fourth-order valence-electron chi connectivity index (χ4n) is 1.78. The van der Waals surface area contributed by atoms with E-state index >= 15 is 0 Å². The van der Waals surface area contributed by atoms with Crippen LogP contribution in [0.25, 0.3) is 0 Å². The van der Waals surface area contributed by atoms with Gasteiger partial charge in [0.15, 0.2) is 9.84 Å². The number of hydrogen-bond acceptors (Lipinski definition) is 4. The largest absolute Gasteiger partial charge is 0.435 e. The second-order valence-electron chi connectivity index (χ2n) is 5.21. The minimum atomic E-state index is -3.25. The number of alkyl halides is 2. The summed E-state index contributed by atoms with van der Waals surface area (Å²) >= 11 is 0. The Morgan fingerprint density at radius 3 is 2.32 bits per heavy atom. The Hall–Kier alpha value is -1.70. The van der Waals surface area contributed by atoms with Crippen molar-refractivity contribution in [2.75, 3.05) is 16.8 Å². The van der Waals surface area contributed by atoms with Gasteiger partial charge < -0.3 is 10.1 Å². The van der Waals surface area contributed by atoms with Crippen molar-refractivity contribution in [3.63, 3.8) is 0 Å². The lowest BCUT2D eigenvalue weighted by Crippen LogP contribution is -2.20. The van der Waals surface area contributed by atoms with Crippen molar-refractivity contribution in [2.45, 2.75) is 26.9 Å². The summed E-state index contributed by atoms with van der Waals surface area (Å²) in [5.74, 6) is -0.637. The fourth-order valence-corrected chi connectivity index (χ4v) is 3.46. The molecule has 8 heteroatoms. The molecule has 5 nitrogen and oxygen atoms in total. The van der Waals surface area contributed by atoms with E-state index in [1.165, 1.54) is 24.3 Å². The van der Waals surface area contributed by atoms with Crippen LogP contribution in [0.2, 0.25) is 0 Å². The molecule has 0 aromatic heterocycles. The number of amides is 1. The number of rotatable bonds is 8. The second-order valence-corrected chi connectivity index (χ2v) is 7.44. The molecule has 0 fully saturated rings. The maximum Gasteiger partial charge on any atom is 0.387 e. The number of nitrogens with one attached hydrogen (secondary N) is 1. The molecule has 0 aliphatic carbocycles. The topological polar surface area (TPSA) is 72.5 Å². The summed E-state index contributed by atoms with van der Waals surface area (Å²) in [6.07, 6.45) is -0.148. The van der Waals surface area contributed by atoms with Gasteiger partial charge in [-0.2, -0.15) is 8.78 Å². The van der Waals surface area contributed by atoms with E-state index in [2.05, 4.69) is 10.1 Å². The maximum absolute atomic E-state index is 12.0. The van der Waals surface area contributed by atoms with Gasteiger partial charge in [-0.15, -0.1) is 0 Å². The van der Waals surface area contributed by atoms with Crippen molar-refractivity contribution in [1.29, 1.82) is 0 Å². The number of carbonyl (C=O) groups is 1. The molecule has 1 rings (SSSR count). The first-order valence-electron chi connectivity index (χ1n) is 6.73. The number of ether oxygens (including phenoxy) is 1. The molecular weight excluding hydrogens is 316 g/mol. The molecule has 0 saturated heterocycles. The van der Waals surface area contributed by atoms with Crippen LogP contribution < -0.4 is 10.1 Å². The molecule has 0 atom stereocenters. The summed E-state index contributed by atoms with van der Waals surface area (Å²) in [7, 11) is -3.25. The first-order chi connectivity index (χ1) is 10.2. The number of carbonyl (C=O) groups excluding carboxylic acids is 1. The fraction of sp³-hybridized carbons (Fsp3) is 0.500. The summed E-state index contributed by atoms with van der Waals surface area (Å²) in [4.78, 5) is 11.7. The van der Waals surface area contributed by atoms with Crippen molar-refractivity contribution in [3.8, 4) is 5.75 Å². The number of hydrogen-bond donors (Lipinski definition) is 1. The maximum atomic E-state index is 12.0. The van der Waals surface area contributed by atoms with Crippen LogP contribution in [0.3, 0.4) is 0 Å². The van der Waals surface area contributed by atoms with Gasteiger partial charge in [-0.3, -0.25) is 4.79 Å². The van der Waals surface area contributed by atoms with E-state index in [4.69, 9.17) is 0 Å². The van der Waals surface area contributed by atoms with E-state index in [0.29, 0.717) is 5.69 Å². The molecule has 0 saturated carbocycles. The molecule has 1 N–H and O–H groups in total. The monoisotopic (exact) mass is 335 g/mol. The van der Waals surface area contributed by atoms with E-state index in [0.717, 1.165) is 0 Å². The number of sulfone groups is 1.